The molecule has 12 nitrogen and oxygen atoms in total. The smallest absolute Gasteiger partial charge is 0.289 e. The van der Waals surface area contributed by atoms with Crippen LogP contribution in [-0.2, 0) is 11.2 Å². The summed E-state index contributed by atoms with van der Waals surface area (Å²) >= 11 is 0. The van der Waals surface area contributed by atoms with Gasteiger partial charge in [0.1, 0.15) is 30.0 Å². The number of carbonyl (C=O) groups excluding carboxylic acids is 2. The lowest BCUT2D eigenvalue weighted by atomic mass is 10.1. The van der Waals surface area contributed by atoms with Crippen molar-refractivity contribution < 1.29 is 23.5 Å². The average molecular weight is 489 g/mol. The Labute approximate surface area is 205 Å². The normalized spacial score (nSPS) is 15.1. The molecule has 2 N–H and O–H groups in total. The van der Waals surface area contributed by atoms with Crippen molar-refractivity contribution in [3.8, 4) is 23.0 Å². The number of anilines is 1. The van der Waals surface area contributed by atoms with Crippen molar-refractivity contribution in [1.29, 1.82) is 0 Å². The van der Waals surface area contributed by atoms with E-state index in [9.17, 15) is 9.59 Å². The highest BCUT2D eigenvalue weighted by Gasteiger charge is 2.33. The molecule has 5 rings (SSSR count). The molecule has 1 aliphatic heterocycles. The second-order valence-corrected chi connectivity index (χ2v) is 8.16. The second-order valence-electron chi connectivity index (χ2n) is 8.16. The fourth-order valence-electron chi connectivity index (χ4n) is 3.86. The standard InChI is InChI=1S/C24H23N7O5/c1-13-27-30-23(36-13)15-10-17-19(11-18(15)34-3)35-12-16(24(33)31(17)2)25-22(32)21-26-20(28-29-21)9-14-7-5-4-6-8-14/h4-8,10-11,16H,9,12H2,1-3H3,(H,25,32)(H,26,28,29)/t16-/m0/s1. The van der Waals surface area contributed by atoms with Gasteiger partial charge in [-0.2, -0.15) is 0 Å². The number of aryl methyl sites for hydroxylation is 1. The van der Waals surface area contributed by atoms with Crippen molar-refractivity contribution in [3.05, 3.63) is 65.6 Å². The number of nitrogens with zero attached hydrogens (tertiary/aromatic N) is 5. The molecular formula is C24H23N7O5. The van der Waals surface area contributed by atoms with E-state index < -0.39 is 11.9 Å². The lowest BCUT2D eigenvalue weighted by Gasteiger charge is -2.20. The number of fused-ring (bicyclic) bond motifs is 1. The summed E-state index contributed by atoms with van der Waals surface area (Å²) in [6, 6.07) is 12.0. The third-order valence-electron chi connectivity index (χ3n) is 5.70. The molecule has 2 amide bonds. The molecule has 4 aromatic rings. The van der Waals surface area contributed by atoms with Gasteiger partial charge in [0.2, 0.25) is 11.7 Å². The number of aromatic amines is 1. The molecule has 0 saturated heterocycles. The molecule has 12 heteroatoms. The van der Waals surface area contributed by atoms with Gasteiger partial charge in [0.15, 0.2) is 0 Å². The number of nitrogens with one attached hydrogen (secondary N) is 2. The number of carbonyl (C=O) groups is 2. The second kappa shape index (κ2) is 9.49. The number of H-pyrrole nitrogens is 1. The van der Waals surface area contributed by atoms with E-state index in [0.29, 0.717) is 40.9 Å². The summed E-state index contributed by atoms with van der Waals surface area (Å²) < 4.78 is 16.9. The molecule has 0 radical (unpaired) electrons. The van der Waals surface area contributed by atoms with E-state index in [1.165, 1.54) is 12.0 Å². The quantitative estimate of drug-likeness (QED) is 0.414. The minimum atomic E-state index is -0.960. The van der Waals surface area contributed by atoms with Crippen LogP contribution in [0.3, 0.4) is 0 Å². The van der Waals surface area contributed by atoms with Crippen molar-refractivity contribution in [2.45, 2.75) is 19.4 Å². The van der Waals surface area contributed by atoms with Gasteiger partial charge >= 0.3 is 0 Å². The average Bonchev–Trinajstić information content (AvgIpc) is 3.52. The molecule has 0 spiro atoms. The van der Waals surface area contributed by atoms with Crippen molar-refractivity contribution in [2.24, 2.45) is 0 Å². The highest BCUT2D eigenvalue weighted by molar-refractivity contribution is 6.03. The van der Waals surface area contributed by atoms with E-state index in [-0.39, 0.29) is 24.2 Å². The fourth-order valence-corrected chi connectivity index (χ4v) is 3.86. The van der Waals surface area contributed by atoms with E-state index in [1.807, 2.05) is 30.3 Å². The molecule has 0 fully saturated rings. The number of amides is 2. The van der Waals surface area contributed by atoms with E-state index in [0.717, 1.165) is 5.56 Å². The summed E-state index contributed by atoms with van der Waals surface area (Å²) in [5, 5.41) is 18.6. The monoisotopic (exact) mass is 489 g/mol. The molecule has 0 unspecified atom stereocenters. The van der Waals surface area contributed by atoms with Crippen LogP contribution in [0.4, 0.5) is 5.69 Å². The molecular weight excluding hydrogens is 466 g/mol. The third kappa shape index (κ3) is 4.48. The van der Waals surface area contributed by atoms with Crippen LogP contribution in [0.1, 0.15) is 27.9 Å². The number of aromatic nitrogens is 5. The van der Waals surface area contributed by atoms with Crippen LogP contribution in [0.5, 0.6) is 11.5 Å². The predicted molar refractivity (Wildman–Crippen MR) is 127 cm³/mol. The zero-order valence-electron chi connectivity index (χ0n) is 19.8. The van der Waals surface area contributed by atoms with E-state index in [4.69, 9.17) is 13.9 Å². The number of hydrogen-bond acceptors (Lipinski definition) is 9. The number of ether oxygens (including phenoxy) is 2. The Bertz CT molecular complexity index is 1420. The first-order chi connectivity index (χ1) is 17.4. The Balaban J connectivity index is 1.34. The summed E-state index contributed by atoms with van der Waals surface area (Å²) in [5.41, 5.74) is 2.00. The SMILES string of the molecule is COc1cc2c(cc1-c1nnc(C)o1)N(C)C(=O)[C@@H](NC(=O)c1nnc(Cc3ccccc3)[nH]1)CO2. The van der Waals surface area contributed by atoms with Gasteiger partial charge in [0, 0.05) is 26.5 Å². The van der Waals surface area contributed by atoms with Gasteiger partial charge in [-0.1, -0.05) is 30.3 Å². The summed E-state index contributed by atoms with van der Waals surface area (Å²) in [6.45, 7) is 1.59. The summed E-state index contributed by atoms with van der Waals surface area (Å²) in [6.07, 6.45) is 0.494. The Morgan fingerprint density at radius 2 is 2.00 bits per heavy atom. The molecule has 0 bridgehead atoms. The Morgan fingerprint density at radius 3 is 2.72 bits per heavy atom. The Hall–Kier alpha value is -4.74. The molecule has 36 heavy (non-hydrogen) atoms. The van der Waals surface area contributed by atoms with Crippen molar-refractivity contribution in [2.75, 3.05) is 25.7 Å². The predicted octanol–water partition coefficient (Wildman–Crippen LogP) is 1.92. The van der Waals surface area contributed by atoms with Gasteiger partial charge < -0.3 is 29.1 Å². The number of rotatable bonds is 6. The van der Waals surface area contributed by atoms with Crippen molar-refractivity contribution in [1.82, 2.24) is 30.7 Å². The lowest BCUT2D eigenvalue weighted by Crippen LogP contribution is -2.49. The number of methoxy groups -OCH3 is 1. The maximum Gasteiger partial charge on any atom is 0.289 e. The first kappa shape index (κ1) is 23.0. The summed E-state index contributed by atoms with van der Waals surface area (Å²) in [4.78, 5) is 30.4. The fraction of sp³-hybridized carbons (Fsp3) is 0.250. The van der Waals surface area contributed by atoms with Gasteiger partial charge in [-0.3, -0.25) is 9.59 Å². The molecule has 3 heterocycles. The molecule has 0 aliphatic carbocycles. The van der Waals surface area contributed by atoms with Gasteiger partial charge in [-0.15, -0.1) is 20.4 Å². The third-order valence-corrected chi connectivity index (χ3v) is 5.70. The summed E-state index contributed by atoms with van der Waals surface area (Å²) in [5.74, 6) is 1.09. The number of benzene rings is 2. The molecule has 0 saturated carbocycles. The highest BCUT2D eigenvalue weighted by atomic mass is 16.5. The van der Waals surface area contributed by atoms with Crippen LogP contribution in [0.25, 0.3) is 11.5 Å². The summed E-state index contributed by atoms with van der Waals surface area (Å²) in [7, 11) is 3.10. The lowest BCUT2D eigenvalue weighted by molar-refractivity contribution is -0.120. The van der Waals surface area contributed by atoms with Crippen molar-refractivity contribution >= 4 is 17.5 Å². The van der Waals surface area contributed by atoms with Gasteiger partial charge in [0.25, 0.3) is 17.7 Å². The van der Waals surface area contributed by atoms with Crippen LogP contribution in [0.2, 0.25) is 0 Å². The molecule has 2 aromatic heterocycles. The number of hydrogen-bond donors (Lipinski definition) is 2. The van der Waals surface area contributed by atoms with E-state index in [2.05, 4.69) is 30.7 Å². The molecule has 184 valence electrons. The van der Waals surface area contributed by atoms with E-state index >= 15 is 0 Å². The minimum Gasteiger partial charge on any atom is -0.496 e. The molecule has 1 aliphatic rings. The van der Waals surface area contributed by atoms with Gasteiger partial charge in [-0.05, 0) is 11.6 Å². The largest absolute Gasteiger partial charge is 0.496 e. The minimum absolute atomic E-state index is 0.00821. The maximum atomic E-state index is 13.2. The highest BCUT2D eigenvalue weighted by Crippen LogP contribution is 2.41. The van der Waals surface area contributed by atoms with Crippen LogP contribution in [-0.4, -0.2) is 64.0 Å². The molecule has 1 atom stereocenters. The Kier molecular flexibility index (Phi) is 6.07. The Morgan fingerprint density at radius 1 is 1.19 bits per heavy atom. The molecule has 2 aromatic carbocycles. The van der Waals surface area contributed by atoms with Crippen LogP contribution in [0.15, 0.2) is 46.9 Å². The van der Waals surface area contributed by atoms with Crippen LogP contribution >= 0.6 is 0 Å². The first-order valence-electron chi connectivity index (χ1n) is 11.1. The topological polar surface area (TPSA) is 148 Å². The van der Waals surface area contributed by atoms with Gasteiger partial charge in [0.05, 0.1) is 18.4 Å². The first-order valence-corrected chi connectivity index (χ1v) is 11.1. The van der Waals surface area contributed by atoms with Crippen molar-refractivity contribution in [3.63, 3.8) is 0 Å². The van der Waals surface area contributed by atoms with E-state index in [1.54, 1.807) is 26.1 Å². The van der Waals surface area contributed by atoms with Crippen LogP contribution in [0, 0.1) is 6.92 Å². The van der Waals surface area contributed by atoms with Gasteiger partial charge in [-0.25, -0.2) is 0 Å². The zero-order chi connectivity index (χ0) is 25.2. The zero-order valence-corrected chi connectivity index (χ0v) is 19.8. The maximum absolute atomic E-state index is 13.2. The van der Waals surface area contributed by atoms with Crippen LogP contribution < -0.4 is 19.7 Å². The number of likely N-dealkylation sites (N-methyl/N-ethyl adjacent to an activating group) is 1.